The number of nitriles is 1. The van der Waals surface area contributed by atoms with Gasteiger partial charge in [-0.25, -0.2) is 24.0 Å². The largest absolute Gasteiger partial charge is 0.461 e. The zero-order chi connectivity index (χ0) is 33.6. The third-order valence-corrected chi connectivity index (χ3v) is 14.4. The molecule has 4 aromatic rings. The summed E-state index contributed by atoms with van der Waals surface area (Å²) in [5, 5.41) is 17.4. The molecule has 0 saturated heterocycles. The van der Waals surface area contributed by atoms with Crippen LogP contribution in [0.3, 0.4) is 0 Å². The molecule has 46 heavy (non-hydrogen) atoms. The van der Waals surface area contributed by atoms with Crippen molar-refractivity contribution < 1.29 is 23.1 Å². The molecule has 0 saturated carbocycles. The van der Waals surface area contributed by atoms with E-state index in [1.54, 1.807) is 18.2 Å². The van der Waals surface area contributed by atoms with Crippen LogP contribution in [0.2, 0.25) is 21.6 Å². The Hall–Kier alpha value is -3.96. The van der Waals surface area contributed by atoms with E-state index in [0.29, 0.717) is 50.5 Å². The number of pyridine rings is 1. The van der Waals surface area contributed by atoms with Crippen LogP contribution in [0.25, 0.3) is 16.7 Å². The summed E-state index contributed by atoms with van der Waals surface area (Å²) < 4.78 is 33.9. The van der Waals surface area contributed by atoms with Crippen LogP contribution < -0.4 is 10.1 Å². The molecule has 3 heterocycles. The van der Waals surface area contributed by atoms with Crippen molar-refractivity contribution in [2.24, 2.45) is 0 Å². The maximum atomic E-state index is 13.5. The lowest BCUT2D eigenvalue weighted by molar-refractivity contribution is -0.127. The van der Waals surface area contributed by atoms with Gasteiger partial charge in [0.15, 0.2) is 14.0 Å². The Morgan fingerprint density at radius 3 is 2.37 bits per heavy atom. The molecule has 1 amide bonds. The summed E-state index contributed by atoms with van der Waals surface area (Å²) in [6.07, 6.45) is 2.18. The average Bonchev–Trinajstić information content (AvgIpc) is 3.44. The maximum absolute atomic E-state index is 13.5. The molecule has 11 nitrogen and oxygen atoms in total. The highest BCUT2D eigenvalue weighted by atomic mass is 35.5. The maximum Gasteiger partial charge on any atom is 0.269 e. The van der Waals surface area contributed by atoms with Crippen LogP contribution in [-0.2, 0) is 14.0 Å². The molecule has 0 unspecified atom stereocenters. The molecule has 2 atom stereocenters. The van der Waals surface area contributed by atoms with Gasteiger partial charge in [-0.3, -0.25) is 4.79 Å². The average molecular weight is 668 g/mol. The number of amides is 1. The first-order valence-corrected chi connectivity index (χ1v) is 17.6. The first-order valence-electron chi connectivity index (χ1n) is 15.1. The standard InChI is InChI=1S/C32H39ClFN7O4Si/c1-19(2)46(20(3)4,21(5)6)44-16-22(7)43-17-27(31(42)40-28-12-11-24(34)14-36-28)45-32-25-15-39-41(30(25)37-18-38-32)29-23(13-35)9-8-10-26(29)33/h8-12,14-15,18-22,27H,16-17H2,1-7H3,(H,36,40,42)/t22-,27+/m1/s1. The monoisotopic (exact) mass is 667 g/mol. The molecule has 14 heteroatoms. The molecular formula is C32H39ClFN7O4Si. The normalized spacial score (nSPS) is 13.3. The summed E-state index contributed by atoms with van der Waals surface area (Å²) in [4.78, 5) is 26.0. The summed E-state index contributed by atoms with van der Waals surface area (Å²) >= 11 is 6.44. The first-order chi connectivity index (χ1) is 21.9. The Balaban J connectivity index is 1.60. The lowest BCUT2D eigenvalue weighted by atomic mass is 10.2. The van der Waals surface area contributed by atoms with E-state index in [9.17, 15) is 14.4 Å². The van der Waals surface area contributed by atoms with Gasteiger partial charge in [0.25, 0.3) is 5.91 Å². The predicted octanol–water partition coefficient (Wildman–Crippen LogP) is 6.86. The van der Waals surface area contributed by atoms with Crippen molar-refractivity contribution in [2.45, 2.75) is 77.3 Å². The van der Waals surface area contributed by atoms with Crippen molar-refractivity contribution in [3.63, 3.8) is 0 Å². The first kappa shape index (κ1) is 34.9. The van der Waals surface area contributed by atoms with E-state index in [1.165, 1.54) is 29.3 Å². The number of para-hydroxylation sites is 1. The molecule has 0 radical (unpaired) electrons. The molecule has 1 N–H and O–H groups in total. The molecule has 0 aliphatic carbocycles. The number of carbonyl (C=O) groups excluding carboxylic acids is 1. The number of fused-ring (bicyclic) bond motifs is 1. The van der Waals surface area contributed by atoms with E-state index < -0.39 is 26.1 Å². The molecule has 1 aromatic carbocycles. The van der Waals surface area contributed by atoms with E-state index in [-0.39, 0.29) is 24.4 Å². The number of benzene rings is 1. The van der Waals surface area contributed by atoms with E-state index in [4.69, 9.17) is 25.5 Å². The second-order valence-corrected chi connectivity index (χ2v) is 17.8. The van der Waals surface area contributed by atoms with Gasteiger partial charge in [0.05, 0.1) is 42.3 Å². The van der Waals surface area contributed by atoms with Gasteiger partial charge in [-0.2, -0.15) is 10.4 Å². The van der Waals surface area contributed by atoms with Crippen molar-refractivity contribution in [1.29, 1.82) is 5.26 Å². The Labute approximate surface area is 274 Å². The minimum Gasteiger partial charge on any atom is -0.461 e. The number of hydrogen-bond acceptors (Lipinski definition) is 9. The Kier molecular flexibility index (Phi) is 11.4. The number of anilines is 1. The molecule has 0 fully saturated rings. The van der Waals surface area contributed by atoms with Gasteiger partial charge in [0, 0.05) is 0 Å². The molecule has 0 aliphatic heterocycles. The van der Waals surface area contributed by atoms with Crippen molar-refractivity contribution in [3.05, 3.63) is 65.5 Å². The third-order valence-electron chi connectivity index (χ3n) is 7.98. The van der Waals surface area contributed by atoms with Crippen LogP contribution in [0.1, 0.15) is 54.0 Å². The summed E-state index contributed by atoms with van der Waals surface area (Å²) in [6, 6.07) is 9.59. The van der Waals surface area contributed by atoms with Crippen LogP contribution in [0.4, 0.5) is 10.2 Å². The van der Waals surface area contributed by atoms with E-state index in [2.05, 4.69) is 73.0 Å². The highest BCUT2D eigenvalue weighted by molar-refractivity contribution is 6.77. The van der Waals surface area contributed by atoms with Crippen molar-refractivity contribution in [1.82, 2.24) is 24.7 Å². The lowest BCUT2D eigenvalue weighted by Gasteiger charge is -2.42. The SMILES string of the molecule is CC(C)[Si](OC[C@@H](C)OC[C@H](Oc1ncnc2c1cnn2-c1c(Cl)cccc1C#N)C(=O)Nc1ccc(F)cn1)(C(C)C)C(C)C. The number of carbonyl (C=O) groups is 1. The van der Waals surface area contributed by atoms with Crippen molar-refractivity contribution in [2.75, 3.05) is 18.5 Å². The van der Waals surface area contributed by atoms with Crippen LogP contribution in [0.5, 0.6) is 5.88 Å². The summed E-state index contributed by atoms with van der Waals surface area (Å²) in [7, 11) is -2.14. The molecular weight excluding hydrogens is 629 g/mol. The molecule has 0 bridgehead atoms. The number of rotatable bonds is 14. The number of aromatic nitrogens is 5. The predicted molar refractivity (Wildman–Crippen MR) is 176 cm³/mol. The number of ether oxygens (including phenoxy) is 2. The van der Waals surface area contributed by atoms with Gasteiger partial charge in [-0.15, -0.1) is 0 Å². The fourth-order valence-electron chi connectivity index (χ4n) is 5.92. The minimum atomic E-state index is -2.14. The van der Waals surface area contributed by atoms with E-state index >= 15 is 0 Å². The Morgan fingerprint density at radius 1 is 1.02 bits per heavy atom. The lowest BCUT2D eigenvalue weighted by Crippen LogP contribution is -2.49. The zero-order valence-corrected chi connectivity index (χ0v) is 28.7. The molecule has 0 aliphatic rings. The van der Waals surface area contributed by atoms with Crippen LogP contribution in [0.15, 0.2) is 49.1 Å². The minimum absolute atomic E-state index is 0.0624. The van der Waals surface area contributed by atoms with Gasteiger partial charge in [-0.05, 0) is 47.8 Å². The Morgan fingerprint density at radius 2 is 1.74 bits per heavy atom. The molecule has 244 valence electrons. The van der Waals surface area contributed by atoms with Crippen LogP contribution >= 0.6 is 11.6 Å². The summed E-state index contributed by atoms with van der Waals surface area (Å²) in [5.74, 6) is -0.918. The molecule has 3 aromatic heterocycles. The highest BCUT2D eigenvalue weighted by Crippen LogP contribution is 2.42. The zero-order valence-electron chi connectivity index (χ0n) is 27.0. The van der Waals surface area contributed by atoms with Crippen molar-refractivity contribution >= 4 is 42.7 Å². The number of hydrogen-bond donors (Lipinski definition) is 1. The highest BCUT2D eigenvalue weighted by Gasteiger charge is 2.45. The van der Waals surface area contributed by atoms with E-state index in [1.807, 2.05) is 6.92 Å². The fourth-order valence-corrected chi connectivity index (χ4v) is 11.7. The van der Waals surface area contributed by atoms with Crippen LogP contribution in [-0.4, -0.2) is 64.4 Å². The molecule has 0 spiro atoms. The number of nitrogens with one attached hydrogen (secondary N) is 1. The van der Waals surface area contributed by atoms with Gasteiger partial charge in [-0.1, -0.05) is 59.2 Å². The molecule has 4 rings (SSSR count). The number of nitrogens with zero attached hydrogens (tertiary/aromatic N) is 6. The summed E-state index contributed by atoms with van der Waals surface area (Å²) in [6.45, 7) is 15.4. The van der Waals surface area contributed by atoms with Gasteiger partial charge < -0.3 is 19.2 Å². The van der Waals surface area contributed by atoms with E-state index in [0.717, 1.165) is 6.20 Å². The fraction of sp³-hybridized carbons (Fsp3) is 0.438. The Bertz CT molecular complexity index is 1670. The van der Waals surface area contributed by atoms with Crippen molar-refractivity contribution in [3.8, 4) is 17.6 Å². The second kappa shape index (κ2) is 15.1. The van der Waals surface area contributed by atoms with Gasteiger partial charge in [0.2, 0.25) is 12.0 Å². The van der Waals surface area contributed by atoms with Gasteiger partial charge in [0.1, 0.15) is 35.1 Å². The quantitative estimate of drug-likeness (QED) is 0.143. The smallest absolute Gasteiger partial charge is 0.269 e. The summed E-state index contributed by atoms with van der Waals surface area (Å²) in [5.41, 5.74) is 2.17. The third kappa shape index (κ3) is 7.53. The topological polar surface area (TPSA) is 137 Å². The van der Waals surface area contributed by atoms with Gasteiger partial charge >= 0.3 is 0 Å². The second-order valence-electron chi connectivity index (χ2n) is 12.0. The van der Waals surface area contributed by atoms with Crippen LogP contribution in [0, 0.1) is 17.1 Å². The number of halogens is 2.